The van der Waals surface area contributed by atoms with Crippen LogP contribution >= 0.6 is 0 Å². The molecule has 5 nitrogen and oxygen atoms in total. The summed E-state index contributed by atoms with van der Waals surface area (Å²) in [6.45, 7) is 13.8. The Morgan fingerprint density at radius 1 is 0.301 bits per heavy atom. The molecular weight excluding hydrogens is 1020 g/mol. The van der Waals surface area contributed by atoms with Crippen molar-refractivity contribution in [1.29, 1.82) is 0 Å². The standard InChI is InChI=1S/C77H61N5Si/c1-76(2,3)52-37-42-69-64(47-52)65-48-53(77(4,5)6)38-43-70(65)81(69)55-39-44-71-66(49-55)68-46-51-45-67(72(68)82(71)54-23-11-7-12-24-54)61-32-20-22-34-63(61)75-79-73(78-74(80-75)62-33-21-19-31-60(51)62)50-35-40-59(41-36-50)83(56-25-13-8-14-26-56,57-27-15-9-16-28-57)58-29-17-10-18-30-58/h7-49H,1-6H3. The Kier molecular flexibility index (Phi) is 11.6. The van der Waals surface area contributed by atoms with E-state index in [4.69, 9.17) is 15.0 Å². The Hall–Kier alpha value is -9.75. The number of nitrogens with zero attached hydrogens (tertiary/aromatic N) is 5. The van der Waals surface area contributed by atoms with Gasteiger partial charge in [0.05, 0.1) is 22.1 Å². The number of fused-ring (bicyclic) bond motifs is 17. The van der Waals surface area contributed by atoms with E-state index in [-0.39, 0.29) is 10.8 Å². The molecule has 0 N–H and O–H groups in total. The third-order valence-electron chi connectivity index (χ3n) is 17.4. The van der Waals surface area contributed by atoms with Crippen molar-refractivity contribution in [3.8, 4) is 22.8 Å². The van der Waals surface area contributed by atoms with Crippen molar-refractivity contribution >= 4 is 116 Å². The minimum absolute atomic E-state index is 0.00100. The highest BCUT2D eigenvalue weighted by Crippen LogP contribution is 2.43. The fourth-order valence-electron chi connectivity index (χ4n) is 13.2. The normalized spacial score (nSPS) is 12.5. The maximum absolute atomic E-state index is 5.48. The lowest BCUT2D eigenvalue weighted by atomic mass is 9.85. The SMILES string of the molecule is CC(C)(C)c1ccc2c(c1)c1cc(C(C)(C)C)ccc1n2-c1ccc2c(c1)c1cc3cc(c4ccccc4c4nc(-c5ccc([Si](c6ccccc6)(c6ccccc6)c6ccccc6)cc5)nc(n4)c4ccccc34)c1n2-c1ccccc1. The van der Waals surface area contributed by atoms with Crippen LogP contribution in [0.4, 0.5) is 0 Å². The summed E-state index contributed by atoms with van der Waals surface area (Å²) in [6, 6.07) is 96.5. The molecule has 4 bridgehead atoms. The van der Waals surface area contributed by atoms with Gasteiger partial charge in [0.2, 0.25) is 0 Å². The molecule has 4 aromatic heterocycles. The number of rotatable bonds is 7. The Labute approximate surface area is 484 Å². The van der Waals surface area contributed by atoms with Crippen LogP contribution in [-0.2, 0) is 10.8 Å². The van der Waals surface area contributed by atoms with Gasteiger partial charge in [0.1, 0.15) is 0 Å². The molecule has 398 valence electrons. The van der Waals surface area contributed by atoms with Gasteiger partial charge in [0.15, 0.2) is 25.2 Å². The first-order valence-electron chi connectivity index (χ1n) is 28.9. The van der Waals surface area contributed by atoms with Crippen molar-refractivity contribution in [3.05, 3.63) is 272 Å². The molecule has 0 saturated carbocycles. The maximum Gasteiger partial charge on any atom is 0.179 e. The fourth-order valence-corrected chi connectivity index (χ4v) is 18.0. The van der Waals surface area contributed by atoms with E-state index in [0.717, 1.165) is 65.7 Å². The first-order chi connectivity index (χ1) is 40.4. The minimum Gasteiger partial charge on any atom is -0.309 e. The molecule has 0 aliphatic rings. The molecule has 0 saturated heterocycles. The molecule has 15 rings (SSSR count). The number of para-hydroxylation sites is 1. The Morgan fingerprint density at radius 2 is 0.711 bits per heavy atom. The van der Waals surface area contributed by atoms with Crippen molar-refractivity contribution in [1.82, 2.24) is 24.1 Å². The van der Waals surface area contributed by atoms with E-state index < -0.39 is 8.07 Å². The zero-order valence-corrected chi connectivity index (χ0v) is 48.6. The summed E-state index contributed by atoms with van der Waals surface area (Å²) in [4.78, 5) is 16.3. The van der Waals surface area contributed by atoms with Gasteiger partial charge in [-0.25, -0.2) is 15.0 Å². The van der Waals surface area contributed by atoms with E-state index in [1.807, 2.05) is 0 Å². The second-order valence-corrected chi connectivity index (χ2v) is 28.2. The topological polar surface area (TPSA) is 48.5 Å². The van der Waals surface area contributed by atoms with Gasteiger partial charge in [-0.15, -0.1) is 0 Å². The van der Waals surface area contributed by atoms with Crippen LogP contribution < -0.4 is 20.7 Å². The van der Waals surface area contributed by atoms with Gasteiger partial charge in [-0.2, -0.15) is 0 Å². The molecule has 0 spiro atoms. The summed E-state index contributed by atoms with van der Waals surface area (Å²) in [5, 5.41) is 16.3. The van der Waals surface area contributed by atoms with Gasteiger partial charge < -0.3 is 9.13 Å². The van der Waals surface area contributed by atoms with E-state index in [1.54, 1.807) is 0 Å². The van der Waals surface area contributed by atoms with Crippen LogP contribution in [0.5, 0.6) is 0 Å². The smallest absolute Gasteiger partial charge is 0.179 e. The third-order valence-corrected chi connectivity index (χ3v) is 22.2. The zero-order valence-electron chi connectivity index (χ0n) is 47.6. The lowest BCUT2D eigenvalue weighted by Gasteiger charge is -2.34. The van der Waals surface area contributed by atoms with E-state index in [1.165, 1.54) is 59.1 Å². The summed E-state index contributed by atoms with van der Waals surface area (Å²) in [5.74, 6) is 0.627. The molecular formula is C77H61N5Si. The molecule has 6 heteroatoms. The van der Waals surface area contributed by atoms with Crippen molar-refractivity contribution in [2.45, 2.75) is 52.4 Å². The van der Waals surface area contributed by atoms with Crippen LogP contribution in [0, 0.1) is 0 Å². The first-order valence-corrected chi connectivity index (χ1v) is 30.9. The molecule has 0 fully saturated rings. The molecule has 4 heterocycles. The number of benzene rings is 11. The average molecular weight is 1080 g/mol. The Morgan fingerprint density at radius 3 is 1.23 bits per heavy atom. The molecule has 0 unspecified atom stereocenters. The molecule has 0 aliphatic heterocycles. The minimum atomic E-state index is -2.77. The quantitative estimate of drug-likeness (QED) is 0.118. The van der Waals surface area contributed by atoms with Crippen LogP contribution in [0.25, 0.3) is 110 Å². The third kappa shape index (κ3) is 8.14. The molecule has 83 heavy (non-hydrogen) atoms. The van der Waals surface area contributed by atoms with Crippen molar-refractivity contribution < 1.29 is 0 Å². The predicted molar refractivity (Wildman–Crippen MR) is 354 cm³/mol. The van der Waals surface area contributed by atoms with Gasteiger partial charge >= 0.3 is 0 Å². The van der Waals surface area contributed by atoms with Crippen LogP contribution in [0.2, 0.25) is 0 Å². The second-order valence-electron chi connectivity index (χ2n) is 24.4. The number of aromatic nitrogens is 5. The molecule has 0 radical (unpaired) electrons. The number of hydrogen-bond donors (Lipinski definition) is 0. The van der Waals surface area contributed by atoms with Gasteiger partial charge in [-0.1, -0.05) is 236 Å². The lowest BCUT2D eigenvalue weighted by Crippen LogP contribution is -2.74. The van der Waals surface area contributed by atoms with Crippen molar-refractivity contribution in [2.24, 2.45) is 0 Å². The highest BCUT2D eigenvalue weighted by molar-refractivity contribution is 7.19. The molecule has 15 aromatic rings. The van der Waals surface area contributed by atoms with Crippen molar-refractivity contribution in [3.63, 3.8) is 0 Å². The maximum atomic E-state index is 5.48. The average Bonchev–Trinajstić information content (AvgIpc) is 4.14. The van der Waals surface area contributed by atoms with E-state index >= 15 is 0 Å². The van der Waals surface area contributed by atoms with E-state index in [0.29, 0.717) is 17.1 Å². The van der Waals surface area contributed by atoms with Crippen molar-refractivity contribution in [2.75, 3.05) is 0 Å². The molecule has 0 aliphatic carbocycles. The van der Waals surface area contributed by atoms with Gasteiger partial charge in [-0.3, -0.25) is 0 Å². The van der Waals surface area contributed by atoms with Gasteiger partial charge in [0.25, 0.3) is 0 Å². The lowest BCUT2D eigenvalue weighted by molar-refractivity contribution is 0.590. The first kappa shape index (κ1) is 50.2. The molecule has 0 atom stereocenters. The van der Waals surface area contributed by atoms with Crippen LogP contribution in [0.1, 0.15) is 52.7 Å². The molecule has 11 aromatic carbocycles. The summed E-state index contributed by atoms with van der Waals surface area (Å²) >= 11 is 0. The summed E-state index contributed by atoms with van der Waals surface area (Å²) in [6.07, 6.45) is 0. The fraction of sp³-hybridized carbons (Fsp3) is 0.104. The zero-order chi connectivity index (χ0) is 56.2. The van der Waals surface area contributed by atoms with Gasteiger partial charge in [0, 0.05) is 54.6 Å². The second kappa shape index (κ2) is 19.2. The molecule has 0 amide bonds. The van der Waals surface area contributed by atoms with Crippen LogP contribution in [0.15, 0.2) is 261 Å². The Balaban J connectivity index is 0.999. The summed E-state index contributed by atoms with van der Waals surface area (Å²) < 4.78 is 4.95. The highest BCUT2D eigenvalue weighted by atomic mass is 28.3. The number of hydrogen-bond acceptors (Lipinski definition) is 3. The Bertz CT molecular complexity index is 4900. The summed E-state index contributed by atoms with van der Waals surface area (Å²) in [5.41, 5.74) is 11.7. The van der Waals surface area contributed by atoms with Crippen LogP contribution in [0.3, 0.4) is 0 Å². The van der Waals surface area contributed by atoms with E-state index in [9.17, 15) is 0 Å². The van der Waals surface area contributed by atoms with Gasteiger partial charge in [-0.05, 0) is 126 Å². The highest BCUT2D eigenvalue weighted by Gasteiger charge is 2.41. The summed E-state index contributed by atoms with van der Waals surface area (Å²) in [7, 11) is -2.77. The van der Waals surface area contributed by atoms with E-state index in [2.05, 4.69) is 312 Å². The monoisotopic (exact) mass is 1080 g/mol. The predicted octanol–water partition coefficient (Wildman–Crippen LogP) is 16.9. The van der Waals surface area contributed by atoms with Crippen LogP contribution in [-0.4, -0.2) is 32.2 Å². The largest absolute Gasteiger partial charge is 0.309 e.